The zero-order chi connectivity index (χ0) is 15.1. The van der Waals surface area contributed by atoms with Crippen molar-refractivity contribution in [2.24, 2.45) is 5.41 Å². The smallest absolute Gasteiger partial charge is 0.258 e. The van der Waals surface area contributed by atoms with E-state index in [1.807, 2.05) is 0 Å². The lowest BCUT2D eigenvalue weighted by Gasteiger charge is -2.35. The Labute approximate surface area is 126 Å². The van der Waals surface area contributed by atoms with Crippen molar-refractivity contribution in [2.45, 2.75) is 30.9 Å². The lowest BCUT2D eigenvalue weighted by atomic mass is 9.83. The second kappa shape index (κ2) is 5.25. The SMILES string of the molecule is CC1(C)CCN(S(=O)(=O)c2cc([N+](=O)[O-])c(Cl)s2)CC1. The van der Waals surface area contributed by atoms with E-state index in [1.165, 1.54) is 4.31 Å². The van der Waals surface area contributed by atoms with E-state index in [9.17, 15) is 18.5 Å². The Morgan fingerprint density at radius 2 is 1.95 bits per heavy atom. The molecule has 0 aliphatic carbocycles. The van der Waals surface area contributed by atoms with Gasteiger partial charge in [-0.1, -0.05) is 25.4 Å². The number of rotatable bonds is 3. The van der Waals surface area contributed by atoms with Gasteiger partial charge in [-0.3, -0.25) is 10.1 Å². The highest BCUT2D eigenvalue weighted by molar-refractivity contribution is 7.91. The number of hydrogen-bond donors (Lipinski definition) is 0. The van der Waals surface area contributed by atoms with Crippen LogP contribution in [0.25, 0.3) is 0 Å². The lowest BCUT2D eigenvalue weighted by Crippen LogP contribution is -2.40. The average molecular weight is 339 g/mol. The zero-order valence-electron chi connectivity index (χ0n) is 11.1. The van der Waals surface area contributed by atoms with Crippen LogP contribution in [0, 0.1) is 15.5 Å². The molecule has 1 fully saturated rings. The van der Waals surface area contributed by atoms with Crippen LogP contribution in [-0.2, 0) is 10.0 Å². The first-order valence-electron chi connectivity index (χ1n) is 6.07. The molecule has 2 rings (SSSR count). The third-order valence-electron chi connectivity index (χ3n) is 3.51. The summed E-state index contributed by atoms with van der Waals surface area (Å²) in [5.41, 5.74) is -0.224. The summed E-state index contributed by atoms with van der Waals surface area (Å²) in [5.74, 6) is 0. The van der Waals surface area contributed by atoms with Crippen molar-refractivity contribution in [3.8, 4) is 0 Å². The Hall–Kier alpha value is -0.700. The molecular formula is C11H15ClN2O4S2. The van der Waals surface area contributed by atoms with E-state index >= 15 is 0 Å². The number of thiophene rings is 1. The van der Waals surface area contributed by atoms with Gasteiger partial charge < -0.3 is 0 Å². The second-order valence-electron chi connectivity index (χ2n) is 5.55. The summed E-state index contributed by atoms with van der Waals surface area (Å²) in [6, 6.07) is 1.04. The maximum Gasteiger partial charge on any atom is 0.300 e. The van der Waals surface area contributed by atoms with Gasteiger partial charge in [0, 0.05) is 19.2 Å². The van der Waals surface area contributed by atoms with Crippen LogP contribution in [0.3, 0.4) is 0 Å². The van der Waals surface area contributed by atoms with E-state index in [0.717, 1.165) is 30.2 Å². The maximum absolute atomic E-state index is 12.4. The van der Waals surface area contributed by atoms with Crippen LogP contribution in [0.4, 0.5) is 5.69 Å². The maximum atomic E-state index is 12.4. The van der Waals surface area contributed by atoms with Gasteiger partial charge >= 0.3 is 0 Å². The van der Waals surface area contributed by atoms with Crippen molar-refractivity contribution in [1.82, 2.24) is 4.31 Å². The van der Waals surface area contributed by atoms with Crippen molar-refractivity contribution in [3.63, 3.8) is 0 Å². The summed E-state index contributed by atoms with van der Waals surface area (Å²) in [7, 11) is -3.68. The normalized spacial score (nSPS) is 19.9. The molecule has 112 valence electrons. The van der Waals surface area contributed by atoms with Crippen LogP contribution in [0.1, 0.15) is 26.7 Å². The number of piperidine rings is 1. The third-order valence-corrected chi connectivity index (χ3v) is 7.20. The van der Waals surface area contributed by atoms with Gasteiger partial charge in [0.1, 0.15) is 4.21 Å². The van der Waals surface area contributed by atoms with Crippen molar-refractivity contribution in [3.05, 3.63) is 20.5 Å². The Morgan fingerprint density at radius 3 is 2.40 bits per heavy atom. The fourth-order valence-corrected chi connectivity index (χ4v) is 5.31. The van der Waals surface area contributed by atoms with Gasteiger partial charge in [-0.05, 0) is 18.3 Å². The van der Waals surface area contributed by atoms with E-state index in [2.05, 4.69) is 13.8 Å². The monoisotopic (exact) mass is 338 g/mol. The average Bonchev–Trinajstić information content (AvgIpc) is 2.71. The summed E-state index contributed by atoms with van der Waals surface area (Å²) >= 11 is 6.46. The van der Waals surface area contributed by atoms with Crippen molar-refractivity contribution >= 4 is 38.6 Å². The predicted octanol–water partition coefficient (Wildman–Crippen LogP) is 3.12. The highest BCUT2D eigenvalue weighted by Gasteiger charge is 2.35. The van der Waals surface area contributed by atoms with Gasteiger partial charge in [0.05, 0.1) is 4.92 Å². The molecule has 0 unspecified atom stereocenters. The third kappa shape index (κ3) is 2.98. The molecule has 6 nitrogen and oxygen atoms in total. The molecule has 1 aliphatic rings. The van der Waals surface area contributed by atoms with E-state index in [1.54, 1.807) is 0 Å². The van der Waals surface area contributed by atoms with Crippen LogP contribution in [0.15, 0.2) is 10.3 Å². The molecule has 0 aromatic carbocycles. The number of nitrogens with zero attached hydrogens (tertiary/aromatic N) is 2. The molecule has 9 heteroatoms. The Kier molecular flexibility index (Phi) is 4.12. The van der Waals surface area contributed by atoms with Gasteiger partial charge in [0.15, 0.2) is 4.34 Å². The molecule has 0 N–H and O–H groups in total. The van der Waals surface area contributed by atoms with Crippen molar-refractivity contribution in [1.29, 1.82) is 0 Å². The molecule has 1 aliphatic heterocycles. The predicted molar refractivity (Wildman–Crippen MR) is 77.8 cm³/mol. The Morgan fingerprint density at radius 1 is 1.40 bits per heavy atom. The molecule has 0 saturated carbocycles. The Balaban J connectivity index is 2.27. The van der Waals surface area contributed by atoms with Gasteiger partial charge in [-0.2, -0.15) is 4.31 Å². The molecule has 0 amide bonds. The molecule has 0 spiro atoms. The minimum atomic E-state index is -3.68. The van der Waals surface area contributed by atoms with E-state index in [4.69, 9.17) is 11.6 Å². The highest BCUT2D eigenvalue weighted by Crippen LogP contribution is 2.39. The zero-order valence-corrected chi connectivity index (χ0v) is 13.5. The minimum Gasteiger partial charge on any atom is -0.258 e. The summed E-state index contributed by atoms with van der Waals surface area (Å²) < 4.78 is 26.1. The van der Waals surface area contributed by atoms with E-state index in [-0.39, 0.29) is 19.6 Å². The fourth-order valence-electron chi connectivity index (χ4n) is 2.05. The first kappa shape index (κ1) is 15.7. The van der Waals surface area contributed by atoms with Gasteiger partial charge in [0.25, 0.3) is 15.7 Å². The lowest BCUT2D eigenvalue weighted by molar-refractivity contribution is -0.384. The van der Waals surface area contributed by atoms with Gasteiger partial charge in [0.2, 0.25) is 0 Å². The molecule has 0 atom stereocenters. The summed E-state index contributed by atoms with van der Waals surface area (Å²) in [5, 5.41) is 10.7. The number of halogens is 1. The van der Waals surface area contributed by atoms with Gasteiger partial charge in [-0.15, -0.1) is 11.3 Å². The minimum absolute atomic E-state index is 0.0612. The first-order chi connectivity index (χ1) is 9.13. The molecule has 1 aromatic heterocycles. The van der Waals surface area contributed by atoms with E-state index < -0.39 is 14.9 Å². The number of nitro groups is 1. The quantitative estimate of drug-likeness (QED) is 0.626. The highest BCUT2D eigenvalue weighted by atomic mass is 35.5. The van der Waals surface area contributed by atoms with Gasteiger partial charge in [-0.25, -0.2) is 8.42 Å². The van der Waals surface area contributed by atoms with Crippen LogP contribution in [0.2, 0.25) is 4.34 Å². The standard InChI is InChI=1S/C11H15ClN2O4S2/c1-11(2)3-5-13(6-4-11)20(17,18)9-7-8(14(15)16)10(12)19-9/h7H,3-6H2,1-2H3. The van der Waals surface area contributed by atoms with Crippen LogP contribution in [-0.4, -0.2) is 30.7 Å². The summed E-state index contributed by atoms with van der Waals surface area (Å²) in [6.07, 6.45) is 1.54. The van der Waals surface area contributed by atoms with Crippen LogP contribution >= 0.6 is 22.9 Å². The number of hydrogen-bond acceptors (Lipinski definition) is 5. The first-order valence-corrected chi connectivity index (χ1v) is 8.71. The summed E-state index contributed by atoms with van der Waals surface area (Å²) in [6.45, 7) is 5.06. The molecule has 1 aromatic rings. The molecule has 0 bridgehead atoms. The topological polar surface area (TPSA) is 80.5 Å². The van der Waals surface area contributed by atoms with E-state index in [0.29, 0.717) is 13.1 Å². The number of sulfonamides is 1. The van der Waals surface area contributed by atoms with Crippen LogP contribution < -0.4 is 0 Å². The van der Waals surface area contributed by atoms with Crippen LogP contribution in [0.5, 0.6) is 0 Å². The largest absolute Gasteiger partial charge is 0.300 e. The fraction of sp³-hybridized carbons (Fsp3) is 0.636. The molecule has 0 radical (unpaired) electrons. The van der Waals surface area contributed by atoms with Crippen molar-refractivity contribution < 1.29 is 13.3 Å². The molecular weight excluding hydrogens is 324 g/mol. The second-order valence-corrected chi connectivity index (χ2v) is 9.37. The molecule has 1 saturated heterocycles. The van der Waals surface area contributed by atoms with Crippen molar-refractivity contribution in [2.75, 3.05) is 13.1 Å². The molecule has 20 heavy (non-hydrogen) atoms. The summed E-state index contributed by atoms with van der Waals surface area (Å²) in [4.78, 5) is 10.1. The Bertz CT molecular complexity index is 629. The molecule has 2 heterocycles.